The summed E-state index contributed by atoms with van der Waals surface area (Å²) < 4.78 is 10.7. The Kier molecular flexibility index (Phi) is 4.43. The lowest BCUT2D eigenvalue weighted by Crippen LogP contribution is -2.31. The predicted octanol–water partition coefficient (Wildman–Crippen LogP) is 2.26. The summed E-state index contributed by atoms with van der Waals surface area (Å²) in [6.07, 6.45) is 2.08. The number of carbonyl (C=O) groups is 1. The fourth-order valence-electron chi connectivity index (χ4n) is 2.52. The van der Waals surface area contributed by atoms with Crippen LogP contribution in [0, 0.1) is 0 Å². The van der Waals surface area contributed by atoms with Gasteiger partial charge in [0.2, 0.25) is 0 Å². The van der Waals surface area contributed by atoms with Crippen molar-refractivity contribution in [2.45, 2.75) is 32.2 Å². The molecule has 0 saturated carbocycles. The maximum Gasteiger partial charge on any atom is 0.161 e. The summed E-state index contributed by atoms with van der Waals surface area (Å²) in [6.45, 7) is 2.80. The van der Waals surface area contributed by atoms with Crippen LogP contribution in [-0.4, -0.2) is 26.5 Å². The molecule has 19 heavy (non-hydrogen) atoms. The van der Waals surface area contributed by atoms with E-state index in [1.54, 1.807) is 14.2 Å². The molecule has 4 heteroatoms. The van der Waals surface area contributed by atoms with Crippen molar-refractivity contribution >= 4 is 5.78 Å². The fourth-order valence-corrected chi connectivity index (χ4v) is 2.52. The largest absolute Gasteiger partial charge is 0.493 e. The van der Waals surface area contributed by atoms with Gasteiger partial charge in [-0.2, -0.15) is 0 Å². The van der Waals surface area contributed by atoms with Crippen LogP contribution in [0.4, 0.5) is 0 Å². The van der Waals surface area contributed by atoms with Crippen LogP contribution in [0.25, 0.3) is 0 Å². The third kappa shape index (κ3) is 2.89. The molecule has 0 fully saturated rings. The molecule has 0 saturated heterocycles. The molecule has 1 aromatic rings. The summed E-state index contributed by atoms with van der Waals surface area (Å²) in [5, 5.41) is 3.41. The van der Waals surface area contributed by atoms with Gasteiger partial charge in [-0.1, -0.05) is 6.92 Å². The average molecular weight is 263 g/mol. The van der Waals surface area contributed by atoms with Crippen molar-refractivity contribution in [1.82, 2.24) is 5.32 Å². The highest BCUT2D eigenvalue weighted by Crippen LogP contribution is 2.36. The van der Waals surface area contributed by atoms with Crippen molar-refractivity contribution in [3.63, 3.8) is 0 Å². The lowest BCUT2D eigenvalue weighted by molar-refractivity contribution is -0.119. The Morgan fingerprint density at radius 2 is 2.00 bits per heavy atom. The minimum absolute atomic E-state index is 0.0935. The quantitative estimate of drug-likeness (QED) is 0.885. The van der Waals surface area contributed by atoms with Gasteiger partial charge in [0.25, 0.3) is 0 Å². The highest BCUT2D eigenvalue weighted by molar-refractivity contribution is 5.79. The van der Waals surface area contributed by atoms with Gasteiger partial charge < -0.3 is 14.8 Å². The number of benzene rings is 1. The van der Waals surface area contributed by atoms with Gasteiger partial charge in [0.05, 0.1) is 14.2 Å². The molecule has 1 heterocycles. The Morgan fingerprint density at radius 3 is 2.63 bits per heavy atom. The van der Waals surface area contributed by atoms with Gasteiger partial charge in [-0.05, 0) is 36.2 Å². The van der Waals surface area contributed by atoms with E-state index in [9.17, 15) is 4.79 Å². The number of ether oxygens (including phenoxy) is 2. The number of methoxy groups -OCH3 is 2. The van der Waals surface area contributed by atoms with Crippen LogP contribution >= 0.6 is 0 Å². The standard InChI is InChI=1S/C15H21NO3/c1-4-11(17)8-13-12-9-15(19-3)14(18-2)7-10(12)5-6-16-13/h7,9,13,16H,4-6,8H2,1-3H3. The lowest BCUT2D eigenvalue weighted by atomic mass is 9.90. The molecule has 2 rings (SSSR count). The zero-order valence-electron chi connectivity index (χ0n) is 11.8. The van der Waals surface area contributed by atoms with Gasteiger partial charge in [0.15, 0.2) is 11.5 Å². The molecule has 0 amide bonds. The molecule has 104 valence electrons. The highest BCUT2D eigenvalue weighted by atomic mass is 16.5. The minimum atomic E-state index is 0.0935. The van der Waals surface area contributed by atoms with E-state index in [0.29, 0.717) is 12.8 Å². The molecule has 4 nitrogen and oxygen atoms in total. The molecular weight excluding hydrogens is 242 g/mol. The summed E-state index contributed by atoms with van der Waals surface area (Å²) in [4.78, 5) is 11.7. The number of rotatable bonds is 5. The second-order valence-corrected chi connectivity index (χ2v) is 4.76. The van der Waals surface area contributed by atoms with Crippen LogP contribution in [0.3, 0.4) is 0 Å². The molecule has 1 aliphatic rings. The Hall–Kier alpha value is -1.55. The van der Waals surface area contributed by atoms with E-state index in [0.717, 1.165) is 30.0 Å². The second-order valence-electron chi connectivity index (χ2n) is 4.76. The van der Waals surface area contributed by atoms with Crippen LogP contribution in [0.2, 0.25) is 0 Å². The Bertz CT molecular complexity index is 471. The molecule has 1 atom stereocenters. The summed E-state index contributed by atoms with van der Waals surface area (Å²) in [6, 6.07) is 4.11. The van der Waals surface area contributed by atoms with Crippen LogP contribution in [0.5, 0.6) is 11.5 Å². The Balaban J connectivity index is 2.34. The first kappa shape index (κ1) is 13.9. The van der Waals surface area contributed by atoms with E-state index in [2.05, 4.69) is 5.32 Å². The average Bonchev–Trinajstić information content (AvgIpc) is 2.45. The molecule has 1 unspecified atom stereocenters. The van der Waals surface area contributed by atoms with Gasteiger partial charge in [0, 0.05) is 18.9 Å². The molecule has 1 aliphatic heterocycles. The fraction of sp³-hybridized carbons (Fsp3) is 0.533. The predicted molar refractivity (Wildman–Crippen MR) is 73.9 cm³/mol. The van der Waals surface area contributed by atoms with Crippen molar-refractivity contribution in [3.8, 4) is 11.5 Å². The van der Waals surface area contributed by atoms with Crippen molar-refractivity contribution in [2.75, 3.05) is 20.8 Å². The Labute approximate surface area is 114 Å². The SMILES string of the molecule is CCC(=O)CC1NCCc2cc(OC)c(OC)cc21. The number of Topliss-reactive ketones (excluding diaryl/α,β-unsaturated/α-hetero) is 1. The number of ketones is 1. The molecule has 1 N–H and O–H groups in total. The van der Waals surface area contributed by atoms with Crippen LogP contribution < -0.4 is 14.8 Å². The molecule has 0 aromatic heterocycles. The lowest BCUT2D eigenvalue weighted by Gasteiger charge is -2.27. The van der Waals surface area contributed by atoms with E-state index in [-0.39, 0.29) is 11.8 Å². The molecule has 0 bridgehead atoms. The molecule has 0 spiro atoms. The second kappa shape index (κ2) is 6.06. The van der Waals surface area contributed by atoms with E-state index in [1.807, 2.05) is 19.1 Å². The van der Waals surface area contributed by atoms with Crippen molar-refractivity contribution in [2.24, 2.45) is 0 Å². The van der Waals surface area contributed by atoms with E-state index in [1.165, 1.54) is 5.56 Å². The maximum absolute atomic E-state index is 11.7. The third-order valence-electron chi connectivity index (χ3n) is 3.63. The van der Waals surface area contributed by atoms with E-state index >= 15 is 0 Å². The van der Waals surface area contributed by atoms with Crippen LogP contribution in [-0.2, 0) is 11.2 Å². The van der Waals surface area contributed by atoms with Crippen molar-refractivity contribution in [1.29, 1.82) is 0 Å². The monoisotopic (exact) mass is 263 g/mol. The molecular formula is C15H21NO3. The summed E-state index contributed by atoms with van der Waals surface area (Å²) in [5.41, 5.74) is 2.40. The van der Waals surface area contributed by atoms with Crippen LogP contribution in [0.1, 0.15) is 36.9 Å². The number of hydrogen-bond donors (Lipinski definition) is 1. The zero-order chi connectivity index (χ0) is 13.8. The van der Waals surface area contributed by atoms with E-state index < -0.39 is 0 Å². The van der Waals surface area contributed by atoms with Crippen LogP contribution in [0.15, 0.2) is 12.1 Å². The molecule has 0 radical (unpaired) electrons. The van der Waals surface area contributed by atoms with Crippen molar-refractivity contribution < 1.29 is 14.3 Å². The third-order valence-corrected chi connectivity index (χ3v) is 3.63. The number of nitrogens with one attached hydrogen (secondary N) is 1. The minimum Gasteiger partial charge on any atom is -0.493 e. The number of hydrogen-bond acceptors (Lipinski definition) is 4. The summed E-state index contributed by atoms with van der Waals surface area (Å²) >= 11 is 0. The summed E-state index contributed by atoms with van der Waals surface area (Å²) in [5.74, 6) is 1.75. The summed E-state index contributed by atoms with van der Waals surface area (Å²) in [7, 11) is 3.27. The zero-order valence-corrected chi connectivity index (χ0v) is 11.8. The van der Waals surface area contributed by atoms with Gasteiger partial charge in [-0.3, -0.25) is 4.79 Å². The van der Waals surface area contributed by atoms with Gasteiger partial charge in [0.1, 0.15) is 5.78 Å². The first-order chi connectivity index (χ1) is 9.19. The topological polar surface area (TPSA) is 47.6 Å². The normalized spacial score (nSPS) is 17.7. The first-order valence-electron chi connectivity index (χ1n) is 6.69. The molecule has 0 aliphatic carbocycles. The Morgan fingerprint density at radius 1 is 1.32 bits per heavy atom. The van der Waals surface area contributed by atoms with Gasteiger partial charge in [-0.25, -0.2) is 0 Å². The smallest absolute Gasteiger partial charge is 0.161 e. The van der Waals surface area contributed by atoms with Crippen molar-refractivity contribution in [3.05, 3.63) is 23.3 Å². The van der Waals surface area contributed by atoms with E-state index in [4.69, 9.17) is 9.47 Å². The van der Waals surface area contributed by atoms with Gasteiger partial charge >= 0.3 is 0 Å². The first-order valence-corrected chi connectivity index (χ1v) is 6.69. The number of fused-ring (bicyclic) bond motifs is 1. The molecule has 1 aromatic carbocycles. The number of carbonyl (C=O) groups excluding carboxylic acids is 1. The highest BCUT2D eigenvalue weighted by Gasteiger charge is 2.23. The van der Waals surface area contributed by atoms with Gasteiger partial charge in [-0.15, -0.1) is 0 Å². The maximum atomic E-state index is 11.7.